The second kappa shape index (κ2) is 4.61. The molecule has 1 aliphatic rings. The van der Waals surface area contributed by atoms with Crippen molar-refractivity contribution in [1.82, 2.24) is 0 Å². The molecule has 1 unspecified atom stereocenters. The maximum Gasteiger partial charge on any atom is 0.453 e. The summed E-state index contributed by atoms with van der Waals surface area (Å²) in [7, 11) is 0. The van der Waals surface area contributed by atoms with Crippen LogP contribution >= 0.6 is 0 Å². The van der Waals surface area contributed by atoms with Crippen LogP contribution in [0.4, 0.5) is 22.0 Å². The molecular weight excluding hydrogens is 223 g/mol. The highest BCUT2D eigenvalue weighted by atomic mass is 19.4. The smallest absolute Gasteiger partial charge is 0.353 e. The first-order chi connectivity index (χ1) is 6.83. The number of ether oxygens (including phenoxy) is 2. The highest BCUT2D eigenvalue weighted by molar-refractivity contribution is 4.75. The average Bonchev–Trinajstić information content (AvgIpc) is 2.54. The molecule has 0 aromatic carbocycles. The summed E-state index contributed by atoms with van der Waals surface area (Å²) in [4.78, 5) is 0. The summed E-state index contributed by atoms with van der Waals surface area (Å²) in [6.45, 7) is -0.197. The third kappa shape index (κ3) is 3.57. The van der Waals surface area contributed by atoms with Gasteiger partial charge in [0.2, 0.25) is 0 Å². The molecule has 1 heterocycles. The lowest BCUT2D eigenvalue weighted by atomic mass is 10.2. The first kappa shape index (κ1) is 12.6. The van der Waals surface area contributed by atoms with Crippen molar-refractivity contribution in [2.24, 2.45) is 0 Å². The summed E-state index contributed by atoms with van der Waals surface area (Å²) in [5, 5.41) is 0. The average molecular weight is 234 g/mol. The SMILES string of the molecule is FC(F)(F)C(F)(F)CCOC1CCCO1. The van der Waals surface area contributed by atoms with Gasteiger partial charge in [-0.2, -0.15) is 22.0 Å². The van der Waals surface area contributed by atoms with Crippen molar-refractivity contribution < 1.29 is 31.4 Å². The first-order valence-electron chi connectivity index (χ1n) is 4.51. The molecular formula is C8H11F5O2. The molecule has 1 fully saturated rings. The topological polar surface area (TPSA) is 18.5 Å². The van der Waals surface area contributed by atoms with Crippen LogP contribution in [0, 0.1) is 0 Å². The van der Waals surface area contributed by atoms with Gasteiger partial charge >= 0.3 is 12.1 Å². The van der Waals surface area contributed by atoms with Crippen molar-refractivity contribution >= 4 is 0 Å². The molecule has 0 aromatic heterocycles. The van der Waals surface area contributed by atoms with Gasteiger partial charge < -0.3 is 9.47 Å². The first-order valence-corrected chi connectivity index (χ1v) is 4.51. The summed E-state index contributed by atoms with van der Waals surface area (Å²) in [5.74, 6) is -4.69. The number of hydrogen-bond donors (Lipinski definition) is 0. The maximum absolute atomic E-state index is 12.4. The van der Waals surface area contributed by atoms with Crippen molar-refractivity contribution in [3.63, 3.8) is 0 Å². The Kier molecular flexibility index (Phi) is 3.88. The highest BCUT2D eigenvalue weighted by Gasteiger charge is 2.56. The van der Waals surface area contributed by atoms with Crippen molar-refractivity contribution in [2.45, 2.75) is 37.7 Å². The molecule has 0 spiro atoms. The van der Waals surface area contributed by atoms with E-state index in [0.29, 0.717) is 13.0 Å². The van der Waals surface area contributed by atoms with Crippen LogP contribution in [0.1, 0.15) is 19.3 Å². The third-order valence-electron chi connectivity index (χ3n) is 2.02. The molecule has 0 saturated carbocycles. The van der Waals surface area contributed by atoms with Crippen LogP contribution in [0.5, 0.6) is 0 Å². The van der Waals surface area contributed by atoms with E-state index < -0.39 is 31.4 Å². The van der Waals surface area contributed by atoms with E-state index in [2.05, 4.69) is 0 Å². The molecule has 0 N–H and O–H groups in total. The summed E-state index contributed by atoms with van der Waals surface area (Å²) >= 11 is 0. The molecule has 1 saturated heterocycles. The minimum Gasteiger partial charge on any atom is -0.353 e. The summed E-state index contributed by atoms with van der Waals surface area (Å²) in [5.41, 5.74) is 0. The maximum atomic E-state index is 12.4. The van der Waals surface area contributed by atoms with Crippen LogP contribution in [0.25, 0.3) is 0 Å². The number of halogens is 5. The largest absolute Gasteiger partial charge is 0.453 e. The zero-order valence-electron chi connectivity index (χ0n) is 7.82. The fourth-order valence-electron chi connectivity index (χ4n) is 1.14. The van der Waals surface area contributed by atoms with Crippen molar-refractivity contribution in [2.75, 3.05) is 13.2 Å². The Morgan fingerprint density at radius 3 is 2.33 bits per heavy atom. The minimum absolute atomic E-state index is 0.459. The molecule has 1 atom stereocenters. The molecule has 0 radical (unpaired) electrons. The highest BCUT2D eigenvalue weighted by Crippen LogP contribution is 2.38. The second-order valence-electron chi connectivity index (χ2n) is 3.27. The molecule has 0 bridgehead atoms. The number of hydrogen-bond acceptors (Lipinski definition) is 2. The van der Waals surface area contributed by atoms with Gasteiger partial charge in [0.05, 0.1) is 6.61 Å². The van der Waals surface area contributed by atoms with E-state index in [4.69, 9.17) is 9.47 Å². The molecule has 0 aliphatic carbocycles. The van der Waals surface area contributed by atoms with E-state index in [1.54, 1.807) is 0 Å². The van der Waals surface area contributed by atoms with Crippen LogP contribution in [0.3, 0.4) is 0 Å². The van der Waals surface area contributed by atoms with E-state index >= 15 is 0 Å². The monoisotopic (exact) mass is 234 g/mol. The Labute approximate surface area is 83.3 Å². The summed E-state index contributed by atoms with van der Waals surface area (Å²) < 4.78 is 69.4. The lowest BCUT2D eigenvalue weighted by molar-refractivity contribution is -0.289. The van der Waals surface area contributed by atoms with Gasteiger partial charge in [0.1, 0.15) is 0 Å². The zero-order chi connectivity index (χ0) is 11.5. The predicted molar refractivity (Wildman–Crippen MR) is 40.5 cm³/mol. The van der Waals surface area contributed by atoms with Gasteiger partial charge in [-0.3, -0.25) is 0 Å². The van der Waals surface area contributed by atoms with Crippen molar-refractivity contribution in [1.29, 1.82) is 0 Å². The molecule has 2 nitrogen and oxygen atoms in total. The Morgan fingerprint density at radius 2 is 1.87 bits per heavy atom. The Balaban J connectivity index is 2.23. The number of rotatable bonds is 4. The molecule has 0 amide bonds. The van der Waals surface area contributed by atoms with Crippen LogP contribution in [-0.2, 0) is 9.47 Å². The van der Waals surface area contributed by atoms with Crippen molar-refractivity contribution in [3.8, 4) is 0 Å². The molecule has 90 valence electrons. The van der Waals surface area contributed by atoms with Crippen LogP contribution in [0.15, 0.2) is 0 Å². The van der Waals surface area contributed by atoms with Crippen LogP contribution in [-0.4, -0.2) is 31.6 Å². The fourth-order valence-corrected chi connectivity index (χ4v) is 1.14. The standard InChI is InChI=1S/C8H11F5O2/c9-7(10,8(11,12)13)3-5-15-6-2-1-4-14-6/h6H,1-5H2. The van der Waals surface area contributed by atoms with Crippen LogP contribution < -0.4 is 0 Å². The van der Waals surface area contributed by atoms with Crippen LogP contribution in [0.2, 0.25) is 0 Å². The van der Waals surface area contributed by atoms with Gasteiger partial charge in [-0.05, 0) is 6.42 Å². The van der Waals surface area contributed by atoms with E-state index in [-0.39, 0.29) is 0 Å². The molecule has 7 heteroatoms. The lowest BCUT2D eigenvalue weighted by Crippen LogP contribution is -2.37. The quantitative estimate of drug-likeness (QED) is 0.696. The van der Waals surface area contributed by atoms with Crippen molar-refractivity contribution in [3.05, 3.63) is 0 Å². The van der Waals surface area contributed by atoms with E-state index in [1.165, 1.54) is 0 Å². The molecule has 1 aliphatic heterocycles. The van der Waals surface area contributed by atoms with Gasteiger partial charge in [-0.15, -0.1) is 0 Å². The number of alkyl halides is 5. The fraction of sp³-hybridized carbons (Fsp3) is 1.00. The summed E-state index contributed by atoms with van der Waals surface area (Å²) in [6, 6.07) is 0. The van der Waals surface area contributed by atoms with Gasteiger partial charge in [0.15, 0.2) is 6.29 Å². The lowest BCUT2D eigenvalue weighted by Gasteiger charge is -2.20. The van der Waals surface area contributed by atoms with E-state index in [0.717, 1.165) is 6.42 Å². The Bertz CT molecular complexity index is 198. The zero-order valence-corrected chi connectivity index (χ0v) is 7.82. The van der Waals surface area contributed by atoms with Gasteiger partial charge in [0, 0.05) is 19.4 Å². The van der Waals surface area contributed by atoms with Gasteiger partial charge in [-0.1, -0.05) is 0 Å². The molecule has 1 rings (SSSR count). The van der Waals surface area contributed by atoms with Gasteiger partial charge in [-0.25, -0.2) is 0 Å². The van der Waals surface area contributed by atoms with Gasteiger partial charge in [0.25, 0.3) is 0 Å². The minimum atomic E-state index is -5.51. The van der Waals surface area contributed by atoms with E-state index in [1.807, 2.05) is 0 Å². The Hall–Kier alpha value is -0.430. The Morgan fingerprint density at radius 1 is 1.20 bits per heavy atom. The predicted octanol–water partition coefficient (Wildman–Crippen LogP) is 2.73. The normalized spacial score (nSPS) is 23.4. The molecule has 15 heavy (non-hydrogen) atoms. The second-order valence-corrected chi connectivity index (χ2v) is 3.27. The molecule has 0 aromatic rings. The summed E-state index contributed by atoms with van der Waals surface area (Å²) in [6.07, 6.45) is -6.23. The third-order valence-corrected chi connectivity index (χ3v) is 2.02. The van der Waals surface area contributed by atoms with E-state index in [9.17, 15) is 22.0 Å².